The Morgan fingerprint density at radius 3 is 2.31 bits per heavy atom. The highest BCUT2D eigenvalue weighted by atomic mass is 32.2. The van der Waals surface area contributed by atoms with Crippen LogP contribution in [0.3, 0.4) is 0 Å². The SMILES string of the molecule is COC(=O)CCCCCNC(=O)NC(=O)C(=Cc1ccc(SC)cc1)c1ccc(F)cc1. The van der Waals surface area contributed by atoms with Crippen LogP contribution in [0.5, 0.6) is 0 Å². The Morgan fingerprint density at radius 2 is 1.69 bits per heavy atom. The molecule has 0 aliphatic heterocycles. The normalized spacial score (nSPS) is 11.0. The van der Waals surface area contributed by atoms with E-state index in [1.807, 2.05) is 30.5 Å². The summed E-state index contributed by atoms with van der Waals surface area (Å²) >= 11 is 1.61. The van der Waals surface area contributed by atoms with Crippen molar-refractivity contribution in [3.05, 3.63) is 65.5 Å². The van der Waals surface area contributed by atoms with Crippen LogP contribution in [0.25, 0.3) is 11.6 Å². The van der Waals surface area contributed by atoms with Gasteiger partial charge in [0.05, 0.1) is 7.11 Å². The summed E-state index contributed by atoms with van der Waals surface area (Å²) in [6.45, 7) is 0.367. The molecule has 0 fully saturated rings. The van der Waals surface area contributed by atoms with E-state index in [9.17, 15) is 18.8 Å². The van der Waals surface area contributed by atoms with E-state index in [2.05, 4.69) is 15.4 Å². The smallest absolute Gasteiger partial charge is 0.321 e. The van der Waals surface area contributed by atoms with Crippen molar-refractivity contribution < 1.29 is 23.5 Å². The zero-order valence-electron chi connectivity index (χ0n) is 18.2. The van der Waals surface area contributed by atoms with Crippen molar-refractivity contribution in [2.24, 2.45) is 0 Å². The molecule has 170 valence electrons. The fourth-order valence-corrected chi connectivity index (χ4v) is 3.27. The van der Waals surface area contributed by atoms with E-state index in [4.69, 9.17) is 0 Å². The molecule has 2 rings (SSSR count). The van der Waals surface area contributed by atoms with E-state index in [0.29, 0.717) is 31.4 Å². The number of carbonyl (C=O) groups is 3. The van der Waals surface area contributed by atoms with E-state index in [-0.39, 0.29) is 11.5 Å². The van der Waals surface area contributed by atoms with Crippen LogP contribution in [-0.2, 0) is 14.3 Å². The topological polar surface area (TPSA) is 84.5 Å². The molecule has 0 unspecified atom stereocenters. The maximum atomic E-state index is 13.4. The Kier molecular flexibility index (Phi) is 10.5. The second-order valence-electron chi connectivity index (χ2n) is 6.93. The number of hydrogen-bond donors (Lipinski definition) is 2. The number of amides is 3. The summed E-state index contributed by atoms with van der Waals surface area (Å²) in [6.07, 6.45) is 6.05. The third-order valence-electron chi connectivity index (χ3n) is 4.62. The number of unbranched alkanes of at least 4 members (excludes halogenated alkanes) is 2. The lowest BCUT2D eigenvalue weighted by Crippen LogP contribution is -2.40. The monoisotopic (exact) mass is 458 g/mol. The molecular weight excluding hydrogens is 431 g/mol. The minimum absolute atomic E-state index is 0.245. The summed E-state index contributed by atoms with van der Waals surface area (Å²) < 4.78 is 17.9. The minimum Gasteiger partial charge on any atom is -0.469 e. The number of rotatable bonds is 10. The number of urea groups is 1. The lowest BCUT2D eigenvalue weighted by molar-refractivity contribution is -0.140. The highest BCUT2D eigenvalue weighted by Crippen LogP contribution is 2.21. The second-order valence-corrected chi connectivity index (χ2v) is 7.81. The Morgan fingerprint density at radius 1 is 1.00 bits per heavy atom. The molecule has 0 saturated carbocycles. The Hall–Kier alpha value is -3.13. The standard InChI is InChI=1S/C24H27FN2O4S/c1-31-22(28)6-4-3-5-15-26-24(30)27-23(29)21(18-9-11-19(25)12-10-18)16-17-7-13-20(32-2)14-8-17/h7-14,16H,3-6,15H2,1-2H3,(H2,26,27,29,30). The van der Waals surface area contributed by atoms with Gasteiger partial charge in [-0.05, 0) is 60.6 Å². The number of thioether (sulfide) groups is 1. The first-order chi connectivity index (χ1) is 15.4. The number of benzene rings is 2. The molecule has 0 radical (unpaired) electrons. The van der Waals surface area contributed by atoms with Crippen molar-refractivity contribution in [2.45, 2.75) is 30.6 Å². The maximum Gasteiger partial charge on any atom is 0.321 e. The molecule has 0 atom stereocenters. The Balaban J connectivity index is 2.00. The van der Waals surface area contributed by atoms with Gasteiger partial charge in [0, 0.05) is 23.4 Å². The van der Waals surface area contributed by atoms with Crippen molar-refractivity contribution in [2.75, 3.05) is 19.9 Å². The first kappa shape index (κ1) is 25.1. The molecule has 0 bridgehead atoms. The van der Waals surface area contributed by atoms with E-state index >= 15 is 0 Å². The summed E-state index contributed by atoms with van der Waals surface area (Å²) in [5.41, 5.74) is 1.52. The van der Waals surface area contributed by atoms with Gasteiger partial charge in [0.25, 0.3) is 5.91 Å². The molecule has 8 heteroatoms. The largest absolute Gasteiger partial charge is 0.469 e. The van der Waals surface area contributed by atoms with Gasteiger partial charge < -0.3 is 10.1 Å². The molecule has 32 heavy (non-hydrogen) atoms. The van der Waals surface area contributed by atoms with Crippen LogP contribution in [0.1, 0.15) is 36.8 Å². The molecule has 2 aromatic carbocycles. The van der Waals surface area contributed by atoms with Crippen LogP contribution in [-0.4, -0.2) is 37.8 Å². The highest BCUT2D eigenvalue weighted by Gasteiger charge is 2.15. The average molecular weight is 459 g/mol. The molecule has 0 saturated heterocycles. The predicted octanol–water partition coefficient (Wildman–Crippen LogP) is 4.65. The lowest BCUT2D eigenvalue weighted by Gasteiger charge is -2.10. The van der Waals surface area contributed by atoms with Crippen LogP contribution in [0, 0.1) is 5.82 Å². The molecule has 0 spiro atoms. The number of imide groups is 1. The second kappa shape index (κ2) is 13.3. The quantitative estimate of drug-likeness (QED) is 0.178. The van der Waals surface area contributed by atoms with Gasteiger partial charge in [-0.2, -0.15) is 0 Å². The van der Waals surface area contributed by atoms with Crippen molar-refractivity contribution >= 4 is 41.3 Å². The molecule has 3 amide bonds. The van der Waals surface area contributed by atoms with Crippen molar-refractivity contribution in [3.8, 4) is 0 Å². The van der Waals surface area contributed by atoms with E-state index in [1.54, 1.807) is 17.8 Å². The minimum atomic E-state index is -0.617. The van der Waals surface area contributed by atoms with Gasteiger partial charge in [-0.1, -0.05) is 30.7 Å². The van der Waals surface area contributed by atoms with E-state index in [1.165, 1.54) is 31.4 Å². The van der Waals surface area contributed by atoms with Crippen LogP contribution >= 0.6 is 11.8 Å². The summed E-state index contributed by atoms with van der Waals surface area (Å²) in [5.74, 6) is -1.26. The Bertz CT molecular complexity index is 943. The van der Waals surface area contributed by atoms with E-state index < -0.39 is 17.8 Å². The first-order valence-electron chi connectivity index (χ1n) is 10.2. The van der Waals surface area contributed by atoms with Gasteiger partial charge in [-0.25, -0.2) is 9.18 Å². The van der Waals surface area contributed by atoms with Crippen LogP contribution in [0.15, 0.2) is 53.4 Å². The maximum absolute atomic E-state index is 13.4. The third kappa shape index (κ3) is 8.55. The van der Waals surface area contributed by atoms with Crippen molar-refractivity contribution in [1.29, 1.82) is 0 Å². The van der Waals surface area contributed by atoms with Crippen LogP contribution < -0.4 is 10.6 Å². The summed E-state index contributed by atoms with van der Waals surface area (Å²) in [5, 5.41) is 4.96. The van der Waals surface area contributed by atoms with Gasteiger partial charge >= 0.3 is 12.0 Å². The third-order valence-corrected chi connectivity index (χ3v) is 5.37. The number of halogens is 1. The number of nitrogens with one attached hydrogen (secondary N) is 2. The van der Waals surface area contributed by atoms with E-state index in [0.717, 1.165) is 16.9 Å². The number of hydrogen-bond acceptors (Lipinski definition) is 5. The molecule has 0 heterocycles. The number of carbonyl (C=O) groups excluding carboxylic acids is 3. The number of methoxy groups -OCH3 is 1. The number of esters is 1. The zero-order chi connectivity index (χ0) is 23.3. The molecule has 6 nitrogen and oxygen atoms in total. The zero-order valence-corrected chi connectivity index (χ0v) is 19.0. The Labute approximate surface area is 191 Å². The molecule has 2 aromatic rings. The molecular formula is C24H27FN2O4S. The predicted molar refractivity (Wildman–Crippen MR) is 125 cm³/mol. The van der Waals surface area contributed by atoms with Crippen LogP contribution in [0.2, 0.25) is 0 Å². The van der Waals surface area contributed by atoms with Gasteiger partial charge in [-0.15, -0.1) is 11.8 Å². The summed E-state index contributed by atoms with van der Waals surface area (Å²) in [4.78, 5) is 37.1. The van der Waals surface area contributed by atoms with Gasteiger partial charge in [0.1, 0.15) is 5.82 Å². The van der Waals surface area contributed by atoms with Gasteiger partial charge in [0.2, 0.25) is 0 Å². The van der Waals surface area contributed by atoms with Crippen LogP contribution in [0.4, 0.5) is 9.18 Å². The molecule has 2 N–H and O–H groups in total. The van der Waals surface area contributed by atoms with Gasteiger partial charge in [0.15, 0.2) is 0 Å². The molecule has 0 aromatic heterocycles. The first-order valence-corrected chi connectivity index (χ1v) is 11.4. The fraction of sp³-hybridized carbons (Fsp3) is 0.292. The molecule has 0 aliphatic carbocycles. The average Bonchev–Trinajstić information content (AvgIpc) is 2.80. The highest BCUT2D eigenvalue weighted by molar-refractivity contribution is 7.98. The summed E-state index contributed by atoms with van der Waals surface area (Å²) in [7, 11) is 1.35. The number of ether oxygens (including phenoxy) is 1. The van der Waals surface area contributed by atoms with Crippen molar-refractivity contribution in [3.63, 3.8) is 0 Å². The summed E-state index contributed by atoms with van der Waals surface area (Å²) in [6, 6.07) is 12.5. The fourth-order valence-electron chi connectivity index (χ4n) is 2.87. The lowest BCUT2D eigenvalue weighted by atomic mass is 10.0. The van der Waals surface area contributed by atoms with Crippen molar-refractivity contribution in [1.82, 2.24) is 10.6 Å². The van der Waals surface area contributed by atoms with Gasteiger partial charge in [-0.3, -0.25) is 14.9 Å². The molecule has 0 aliphatic rings.